The number of nitriles is 2. The average molecular weight is 353 g/mol. The van der Waals surface area contributed by atoms with Crippen LogP contribution in [0.2, 0.25) is 0 Å². The van der Waals surface area contributed by atoms with Crippen molar-refractivity contribution in [2.24, 2.45) is 0 Å². The summed E-state index contributed by atoms with van der Waals surface area (Å²) in [4.78, 5) is 10.1. The molecule has 2 rings (SSSR count). The molecule has 26 heavy (non-hydrogen) atoms. The number of allylic oxidation sites excluding steroid dienone is 2. The van der Waals surface area contributed by atoms with Crippen LogP contribution in [0.3, 0.4) is 0 Å². The molecule has 0 saturated carbocycles. The summed E-state index contributed by atoms with van der Waals surface area (Å²) < 4.78 is 4.97. The Hall–Kier alpha value is -4.24. The van der Waals surface area contributed by atoms with Gasteiger partial charge >= 0.3 is 0 Å². The van der Waals surface area contributed by atoms with Gasteiger partial charge in [0.1, 0.15) is 12.1 Å². The van der Waals surface area contributed by atoms with Gasteiger partial charge in [0.2, 0.25) is 11.5 Å². The molecule has 2 aromatic rings. The number of aromatic hydroxyl groups is 3. The molecule has 3 N–H and O–H groups in total. The van der Waals surface area contributed by atoms with Gasteiger partial charge in [-0.25, -0.2) is 0 Å². The third-order valence-electron chi connectivity index (χ3n) is 3.52. The number of rotatable bonds is 4. The van der Waals surface area contributed by atoms with E-state index in [2.05, 4.69) is 0 Å². The van der Waals surface area contributed by atoms with Crippen molar-refractivity contribution in [1.29, 1.82) is 10.5 Å². The SMILES string of the molecule is COc1c(/C(C#N)=C(/C#N)c2ccc([N+](=O)[O-])cc2)cc(O)c(O)c1O. The van der Waals surface area contributed by atoms with E-state index >= 15 is 0 Å². The van der Waals surface area contributed by atoms with E-state index in [0.29, 0.717) is 0 Å². The molecule has 0 radical (unpaired) electrons. The first-order valence-electron chi connectivity index (χ1n) is 6.97. The number of hydrogen-bond donors (Lipinski definition) is 3. The summed E-state index contributed by atoms with van der Waals surface area (Å²) in [6.07, 6.45) is 0. The van der Waals surface area contributed by atoms with Gasteiger partial charge in [-0.05, 0) is 23.8 Å². The van der Waals surface area contributed by atoms with Crippen LogP contribution in [-0.4, -0.2) is 27.4 Å². The number of nitrogens with zero attached hydrogens (tertiary/aromatic N) is 3. The molecule has 0 aliphatic rings. The molecule has 0 aromatic heterocycles. The van der Waals surface area contributed by atoms with Crippen molar-refractivity contribution in [3.8, 4) is 35.1 Å². The van der Waals surface area contributed by atoms with E-state index in [9.17, 15) is 36.0 Å². The third kappa shape index (κ3) is 3.05. The van der Waals surface area contributed by atoms with Crippen LogP contribution in [-0.2, 0) is 0 Å². The highest BCUT2D eigenvalue weighted by Gasteiger charge is 2.23. The van der Waals surface area contributed by atoms with E-state index < -0.39 is 22.2 Å². The number of benzene rings is 2. The molecule has 0 saturated heterocycles. The average Bonchev–Trinajstić information content (AvgIpc) is 2.64. The summed E-state index contributed by atoms with van der Waals surface area (Å²) in [6.45, 7) is 0. The Kier molecular flexibility index (Phi) is 4.95. The molecule has 0 aliphatic heterocycles. The third-order valence-corrected chi connectivity index (χ3v) is 3.52. The summed E-state index contributed by atoms with van der Waals surface area (Å²) in [5, 5.41) is 58.9. The normalized spacial score (nSPS) is 11.0. The lowest BCUT2D eigenvalue weighted by atomic mass is 9.95. The minimum atomic E-state index is -0.836. The standard InChI is InChI=1S/C17H11N3O6/c1-26-17-11(6-14(21)15(22)16(17)23)13(8-19)12(7-18)9-2-4-10(5-3-9)20(24)25/h2-6,21-23H,1H3/b13-12-. The van der Waals surface area contributed by atoms with E-state index in [1.165, 1.54) is 31.4 Å². The second-order valence-corrected chi connectivity index (χ2v) is 4.95. The molecule has 0 amide bonds. The maximum atomic E-state index is 10.7. The van der Waals surface area contributed by atoms with Gasteiger partial charge in [0.25, 0.3) is 5.69 Å². The minimum absolute atomic E-state index is 0.127. The Morgan fingerprint density at radius 1 is 1.08 bits per heavy atom. The van der Waals surface area contributed by atoms with Crippen LogP contribution >= 0.6 is 0 Å². The molecule has 130 valence electrons. The van der Waals surface area contributed by atoms with Gasteiger partial charge in [0, 0.05) is 17.7 Å². The largest absolute Gasteiger partial charge is 0.504 e. The zero-order valence-corrected chi connectivity index (χ0v) is 13.3. The summed E-state index contributed by atoms with van der Waals surface area (Å²) in [5.41, 5.74) is -0.530. The topological polar surface area (TPSA) is 161 Å². The first kappa shape index (κ1) is 18.1. The fourth-order valence-corrected chi connectivity index (χ4v) is 2.28. The number of phenols is 3. The van der Waals surface area contributed by atoms with Crippen LogP contribution in [0.25, 0.3) is 11.1 Å². The predicted octanol–water partition coefficient (Wildman–Crippen LogP) is 2.68. The number of methoxy groups -OCH3 is 1. The van der Waals surface area contributed by atoms with E-state index in [1.807, 2.05) is 6.07 Å². The predicted molar refractivity (Wildman–Crippen MR) is 89.1 cm³/mol. The van der Waals surface area contributed by atoms with Gasteiger partial charge < -0.3 is 20.1 Å². The van der Waals surface area contributed by atoms with Crippen molar-refractivity contribution in [2.45, 2.75) is 0 Å². The van der Waals surface area contributed by atoms with E-state index in [-0.39, 0.29) is 33.7 Å². The Bertz CT molecular complexity index is 997. The summed E-state index contributed by atoms with van der Waals surface area (Å²) in [7, 11) is 1.17. The van der Waals surface area contributed by atoms with Crippen molar-refractivity contribution in [3.63, 3.8) is 0 Å². The number of hydrogen-bond acceptors (Lipinski definition) is 8. The summed E-state index contributed by atoms with van der Waals surface area (Å²) in [6, 6.07) is 9.52. The lowest BCUT2D eigenvalue weighted by molar-refractivity contribution is -0.384. The van der Waals surface area contributed by atoms with Crippen LogP contribution in [0, 0.1) is 32.8 Å². The number of nitro benzene ring substituents is 1. The van der Waals surface area contributed by atoms with Crippen molar-refractivity contribution in [3.05, 3.63) is 51.6 Å². The molecule has 0 atom stereocenters. The molecule has 0 aliphatic carbocycles. The zero-order valence-electron chi connectivity index (χ0n) is 13.3. The van der Waals surface area contributed by atoms with Gasteiger partial charge in [-0.3, -0.25) is 10.1 Å². The number of nitro groups is 1. The molecule has 2 aromatic carbocycles. The maximum Gasteiger partial charge on any atom is 0.269 e. The highest BCUT2D eigenvalue weighted by molar-refractivity contribution is 6.04. The Morgan fingerprint density at radius 3 is 2.12 bits per heavy atom. The Labute approximate surface area is 147 Å². The first-order valence-corrected chi connectivity index (χ1v) is 6.97. The fourth-order valence-electron chi connectivity index (χ4n) is 2.28. The van der Waals surface area contributed by atoms with Gasteiger partial charge in [-0.15, -0.1) is 0 Å². The first-order chi connectivity index (χ1) is 12.3. The van der Waals surface area contributed by atoms with Crippen molar-refractivity contribution < 1.29 is 25.0 Å². The molecule has 0 fully saturated rings. The van der Waals surface area contributed by atoms with E-state index in [0.717, 1.165) is 6.07 Å². The maximum absolute atomic E-state index is 10.7. The number of non-ortho nitro benzene ring substituents is 1. The molecule has 0 spiro atoms. The molecule has 0 unspecified atom stereocenters. The molecule has 0 heterocycles. The zero-order chi connectivity index (χ0) is 19.4. The lowest BCUT2D eigenvalue weighted by Crippen LogP contribution is -1.96. The van der Waals surface area contributed by atoms with Crippen LogP contribution in [0.15, 0.2) is 30.3 Å². The smallest absolute Gasteiger partial charge is 0.269 e. The molecule has 9 heteroatoms. The van der Waals surface area contributed by atoms with Gasteiger partial charge in [0.05, 0.1) is 23.2 Å². The fraction of sp³-hybridized carbons (Fsp3) is 0.0588. The minimum Gasteiger partial charge on any atom is -0.504 e. The Morgan fingerprint density at radius 2 is 1.65 bits per heavy atom. The second kappa shape index (κ2) is 7.11. The van der Waals surface area contributed by atoms with Crippen molar-refractivity contribution in [1.82, 2.24) is 0 Å². The van der Waals surface area contributed by atoms with Crippen LogP contribution < -0.4 is 4.74 Å². The van der Waals surface area contributed by atoms with Crippen molar-refractivity contribution >= 4 is 16.8 Å². The van der Waals surface area contributed by atoms with Crippen LogP contribution in [0.1, 0.15) is 11.1 Å². The molecular weight excluding hydrogens is 342 g/mol. The van der Waals surface area contributed by atoms with Gasteiger partial charge in [-0.1, -0.05) is 0 Å². The highest BCUT2D eigenvalue weighted by atomic mass is 16.6. The summed E-state index contributed by atoms with van der Waals surface area (Å²) in [5.74, 6) is -2.66. The van der Waals surface area contributed by atoms with E-state index in [4.69, 9.17) is 4.74 Å². The van der Waals surface area contributed by atoms with E-state index in [1.54, 1.807) is 6.07 Å². The van der Waals surface area contributed by atoms with Crippen molar-refractivity contribution in [2.75, 3.05) is 7.11 Å². The van der Waals surface area contributed by atoms with Crippen LogP contribution in [0.4, 0.5) is 5.69 Å². The molecule has 9 nitrogen and oxygen atoms in total. The van der Waals surface area contributed by atoms with Gasteiger partial charge in [-0.2, -0.15) is 10.5 Å². The monoisotopic (exact) mass is 353 g/mol. The number of phenolic OH excluding ortho intramolecular Hbond substituents is 3. The van der Waals surface area contributed by atoms with Crippen LogP contribution in [0.5, 0.6) is 23.0 Å². The van der Waals surface area contributed by atoms with Gasteiger partial charge in [0.15, 0.2) is 11.5 Å². The highest BCUT2D eigenvalue weighted by Crippen LogP contribution is 2.47. The molecular formula is C17H11N3O6. The summed E-state index contributed by atoms with van der Waals surface area (Å²) >= 11 is 0. The quantitative estimate of drug-likeness (QED) is 0.248. The molecule has 0 bridgehead atoms. The lowest BCUT2D eigenvalue weighted by Gasteiger charge is -2.13. The number of ether oxygens (including phenoxy) is 1. The second-order valence-electron chi connectivity index (χ2n) is 4.95. The Balaban J connectivity index is 2.77.